The van der Waals surface area contributed by atoms with Gasteiger partial charge in [-0.3, -0.25) is 5.73 Å². The zero-order valence-electron chi connectivity index (χ0n) is 9.18. The van der Waals surface area contributed by atoms with E-state index in [4.69, 9.17) is 5.73 Å². The Balaban J connectivity index is 3.19. The van der Waals surface area contributed by atoms with Crippen molar-refractivity contribution in [2.24, 2.45) is 0 Å². The molecule has 0 aromatic carbocycles. The maximum absolute atomic E-state index is 7.64. The molecule has 0 rings (SSSR count). The molecular formula is C12H24N. The van der Waals surface area contributed by atoms with Gasteiger partial charge in [0.2, 0.25) is 0 Å². The molecule has 1 N–H and O–H groups in total. The molecule has 1 atom stereocenters. The maximum Gasteiger partial charge on any atom is 0.0247 e. The van der Waals surface area contributed by atoms with Crippen molar-refractivity contribution in [1.29, 1.82) is 0 Å². The highest BCUT2D eigenvalue weighted by molar-refractivity contribution is 4.84. The van der Waals surface area contributed by atoms with Crippen LogP contribution in [0.3, 0.4) is 0 Å². The Morgan fingerprint density at radius 1 is 1.08 bits per heavy atom. The van der Waals surface area contributed by atoms with Crippen LogP contribution in [0.4, 0.5) is 0 Å². The molecule has 0 aliphatic heterocycles. The summed E-state index contributed by atoms with van der Waals surface area (Å²) in [6, 6.07) is 0.132. The summed E-state index contributed by atoms with van der Waals surface area (Å²) in [4.78, 5) is 0. The van der Waals surface area contributed by atoms with E-state index in [-0.39, 0.29) is 6.04 Å². The normalized spacial score (nSPS) is 13.8. The van der Waals surface area contributed by atoms with E-state index in [1.165, 1.54) is 25.7 Å². The lowest BCUT2D eigenvalue weighted by molar-refractivity contribution is 0.593. The van der Waals surface area contributed by atoms with Crippen LogP contribution >= 0.6 is 0 Å². The molecule has 0 aromatic heterocycles. The molecule has 0 bridgehead atoms. The first-order valence-electron chi connectivity index (χ1n) is 5.67. The van der Waals surface area contributed by atoms with Crippen molar-refractivity contribution in [1.82, 2.24) is 5.73 Å². The van der Waals surface area contributed by atoms with E-state index in [0.717, 1.165) is 19.3 Å². The van der Waals surface area contributed by atoms with Crippen molar-refractivity contribution >= 4 is 0 Å². The van der Waals surface area contributed by atoms with E-state index >= 15 is 0 Å². The Morgan fingerprint density at radius 2 is 1.85 bits per heavy atom. The van der Waals surface area contributed by atoms with Gasteiger partial charge in [-0.2, -0.15) is 0 Å². The first-order chi connectivity index (χ1) is 6.31. The molecule has 1 nitrogen and oxygen atoms in total. The number of hydrogen-bond donors (Lipinski definition) is 0. The average Bonchev–Trinajstić information content (AvgIpc) is 2.11. The minimum Gasteiger partial charge on any atom is -0.254 e. The summed E-state index contributed by atoms with van der Waals surface area (Å²) in [7, 11) is 0. The average molecular weight is 182 g/mol. The lowest BCUT2D eigenvalue weighted by atomic mass is 10.1. The molecule has 0 aliphatic carbocycles. The Hall–Kier alpha value is -0.300. The van der Waals surface area contributed by atoms with E-state index in [0.29, 0.717) is 0 Å². The first kappa shape index (κ1) is 12.7. The lowest BCUT2D eigenvalue weighted by Gasteiger charge is -2.03. The molecule has 0 heterocycles. The van der Waals surface area contributed by atoms with Crippen LogP contribution in [0.5, 0.6) is 0 Å². The van der Waals surface area contributed by atoms with Gasteiger partial charge in [-0.05, 0) is 25.7 Å². The number of unbranched alkanes of at least 4 members (excludes halogenated alkanes) is 3. The molecule has 77 valence electrons. The van der Waals surface area contributed by atoms with Crippen molar-refractivity contribution in [2.45, 2.75) is 64.8 Å². The van der Waals surface area contributed by atoms with Gasteiger partial charge in [-0.25, -0.2) is 0 Å². The molecule has 13 heavy (non-hydrogen) atoms. The van der Waals surface area contributed by atoms with Gasteiger partial charge in [0, 0.05) is 6.04 Å². The summed E-state index contributed by atoms with van der Waals surface area (Å²) in [5.74, 6) is 0. The highest BCUT2D eigenvalue weighted by atomic mass is 14.6. The van der Waals surface area contributed by atoms with Crippen LogP contribution in [0, 0.1) is 0 Å². The largest absolute Gasteiger partial charge is 0.254 e. The predicted molar refractivity (Wildman–Crippen MR) is 59.7 cm³/mol. The fourth-order valence-electron chi connectivity index (χ4n) is 1.36. The van der Waals surface area contributed by atoms with Gasteiger partial charge in [-0.1, -0.05) is 45.3 Å². The fourth-order valence-corrected chi connectivity index (χ4v) is 1.36. The minimum atomic E-state index is 0.132. The highest BCUT2D eigenvalue weighted by Crippen LogP contribution is 2.03. The summed E-state index contributed by atoms with van der Waals surface area (Å²) in [6.45, 7) is 4.37. The number of nitrogens with one attached hydrogen (secondary N) is 1. The van der Waals surface area contributed by atoms with E-state index in [2.05, 4.69) is 26.0 Å². The molecule has 0 aliphatic rings. The molecule has 1 radical (unpaired) electrons. The Labute approximate surface area is 83.4 Å². The Morgan fingerprint density at radius 3 is 2.46 bits per heavy atom. The standard InChI is InChI=1S/C12H24N/c1-3-5-6-7-8-9-11-12(13)10-4-2/h8-9,12-13H,3-7,10-11H2,1-2H3. The summed E-state index contributed by atoms with van der Waals surface area (Å²) >= 11 is 0. The molecule has 0 fully saturated rings. The number of allylic oxidation sites excluding steroid dienone is 1. The third-order valence-electron chi connectivity index (χ3n) is 2.20. The SMILES string of the molecule is CCCCCC=CCC([NH])CCC. The van der Waals surface area contributed by atoms with Crippen molar-refractivity contribution in [3.8, 4) is 0 Å². The van der Waals surface area contributed by atoms with Crippen LogP contribution in [0.1, 0.15) is 58.8 Å². The van der Waals surface area contributed by atoms with Crippen molar-refractivity contribution < 1.29 is 0 Å². The molecule has 1 unspecified atom stereocenters. The molecule has 0 saturated heterocycles. The van der Waals surface area contributed by atoms with Gasteiger partial charge in [0.1, 0.15) is 0 Å². The molecule has 0 spiro atoms. The second-order valence-corrected chi connectivity index (χ2v) is 3.69. The van der Waals surface area contributed by atoms with Crippen LogP contribution in [-0.2, 0) is 0 Å². The maximum atomic E-state index is 7.64. The highest BCUT2D eigenvalue weighted by Gasteiger charge is 1.96. The van der Waals surface area contributed by atoms with Crippen molar-refractivity contribution in [2.75, 3.05) is 0 Å². The molecule has 1 heteroatoms. The lowest BCUT2D eigenvalue weighted by Crippen LogP contribution is -2.05. The summed E-state index contributed by atoms with van der Waals surface area (Å²) in [5.41, 5.74) is 7.64. The van der Waals surface area contributed by atoms with Crippen molar-refractivity contribution in [3.63, 3.8) is 0 Å². The van der Waals surface area contributed by atoms with Gasteiger partial charge < -0.3 is 0 Å². The van der Waals surface area contributed by atoms with Crippen LogP contribution in [0.2, 0.25) is 0 Å². The van der Waals surface area contributed by atoms with Gasteiger partial charge in [-0.15, -0.1) is 0 Å². The first-order valence-corrected chi connectivity index (χ1v) is 5.67. The van der Waals surface area contributed by atoms with Crippen LogP contribution < -0.4 is 5.73 Å². The van der Waals surface area contributed by atoms with Gasteiger partial charge in [0.25, 0.3) is 0 Å². The van der Waals surface area contributed by atoms with Gasteiger partial charge in [0.15, 0.2) is 0 Å². The third kappa shape index (κ3) is 9.62. The van der Waals surface area contributed by atoms with E-state index in [9.17, 15) is 0 Å². The predicted octanol–water partition coefficient (Wildman–Crippen LogP) is 3.96. The van der Waals surface area contributed by atoms with Crippen molar-refractivity contribution in [3.05, 3.63) is 12.2 Å². The summed E-state index contributed by atoms with van der Waals surface area (Å²) in [5, 5.41) is 0. The monoisotopic (exact) mass is 182 g/mol. The zero-order chi connectivity index (χ0) is 9.94. The molecule has 0 aromatic rings. The summed E-state index contributed by atoms with van der Waals surface area (Å²) in [6.07, 6.45) is 12.7. The van der Waals surface area contributed by atoms with Gasteiger partial charge in [0.05, 0.1) is 0 Å². The smallest absolute Gasteiger partial charge is 0.0247 e. The number of rotatable bonds is 8. The topological polar surface area (TPSA) is 23.8 Å². The minimum absolute atomic E-state index is 0.132. The van der Waals surface area contributed by atoms with Crippen LogP contribution in [-0.4, -0.2) is 6.04 Å². The van der Waals surface area contributed by atoms with E-state index < -0.39 is 0 Å². The third-order valence-corrected chi connectivity index (χ3v) is 2.20. The van der Waals surface area contributed by atoms with E-state index in [1.54, 1.807) is 0 Å². The molecule has 0 amide bonds. The fraction of sp³-hybridized carbons (Fsp3) is 0.833. The second kappa shape index (κ2) is 9.79. The Bertz CT molecular complexity index is 118. The van der Waals surface area contributed by atoms with Gasteiger partial charge >= 0.3 is 0 Å². The zero-order valence-corrected chi connectivity index (χ0v) is 9.18. The molecular weight excluding hydrogens is 158 g/mol. The van der Waals surface area contributed by atoms with E-state index in [1.807, 2.05) is 0 Å². The molecule has 0 saturated carbocycles. The Kier molecular flexibility index (Phi) is 9.56. The summed E-state index contributed by atoms with van der Waals surface area (Å²) < 4.78 is 0. The van der Waals surface area contributed by atoms with Crippen LogP contribution in [0.25, 0.3) is 0 Å². The quantitative estimate of drug-likeness (QED) is 0.401. The second-order valence-electron chi connectivity index (χ2n) is 3.69. The number of hydrogen-bond acceptors (Lipinski definition) is 0. The van der Waals surface area contributed by atoms with Crippen LogP contribution in [0.15, 0.2) is 12.2 Å².